The standard InChI is InChI=1S/C19H22N2O2/c1-3-17(16-12-8-5-9-13-16)21-19(23)18(22)20-14(2)15-10-6-4-7-11-15/h4-14,17H,3H2,1-2H3,(H,20,22)(H,21,23)/t14-,17+/m1/s1. The molecule has 2 atom stereocenters. The number of amides is 2. The highest BCUT2D eigenvalue weighted by Gasteiger charge is 2.20. The highest BCUT2D eigenvalue weighted by atomic mass is 16.2. The van der Waals surface area contributed by atoms with E-state index in [-0.39, 0.29) is 12.1 Å². The average Bonchev–Trinajstić information content (AvgIpc) is 2.60. The van der Waals surface area contributed by atoms with E-state index < -0.39 is 11.8 Å². The second-order valence-corrected chi connectivity index (χ2v) is 5.45. The Hall–Kier alpha value is -2.62. The van der Waals surface area contributed by atoms with E-state index in [1.165, 1.54) is 0 Å². The van der Waals surface area contributed by atoms with Crippen molar-refractivity contribution in [1.82, 2.24) is 10.6 Å². The molecule has 0 aliphatic heterocycles. The van der Waals surface area contributed by atoms with Crippen LogP contribution in [0.1, 0.15) is 43.5 Å². The fourth-order valence-corrected chi connectivity index (χ4v) is 2.42. The maximum absolute atomic E-state index is 12.1. The average molecular weight is 310 g/mol. The monoisotopic (exact) mass is 310 g/mol. The molecule has 0 aliphatic rings. The van der Waals surface area contributed by atoms with Crippen molar-refractivity contribution >= 4 is 11.8 Å². The summed E-state index contributed by atoms with van der Waals surface area (Å²) in [6.07, 6.45) is 0.720. The molecule has 0 bridgehead atoms. The molecule has 0 fully saturated rings. The van der Waals surface area contributed by atoms with E-state index in [4.69, 9.17) is 0 Å². The van der Waals surface area contributed by atoms with Gasteiger partial charge in [-0.05, 0) is 24.5 Å². The summed E-state index contributed by atoms with van der Waals surface area (Å²) in [7, 11) is 0. The summed E-state index contributed by atoms with van der Waals surface area (Å²) in [6.45, 7) is 3.83. The number of nitrogens with one attached hydrogen (secondary N) is 2. The Bertz CT molecular complexity index is 641. The molecule has 0 saturated heterocycles. The Morgan fingerprint density at radius 1 is 0.826 bits per heavy atom. The smallest absolute Gasteiger partial charge is 0.309 e. The van der Waals surface area contributed by atoms with E-state index in [1.807, 2.05) is 74.5 Å². The van der Waals surface area contributed by atoms with Crippen LogP contribution in [-0.4, -0.2) is 11.8 Å². The minimum atomic E-state index is -0.615. The van der Waals surface area contributed by atoms with Crippen LogP contribution < -0.4 is 10.6 Å². The van der Waals surface area contributed by atoms with Crippen LogP contribution in [0.15, 0.2) is 60.7 Å². The predicted molar refractivity (Wildman–Crippen MR) is 90.6 cm³/mol. The fraction of sp³-hybridized carbons (Fsp3) is 0.263. The van der Waals surface area contributed by atoms with Gasteiger partial charge >= 0.3 is 11.8 Å². The zero-order chi connectivity index (χ0) is 16.7. The Balaban J connectivity index is 1.95. The molecule has 4 nitrogen and oxygen atoms in total. The molecule has 0 aromatic heterocycles. The first-order chi connectivity index (χ1) is 11.1. The Kier molecular flexibility index (Phi) is 5.92. The van der Waals surface area contributed by atoms with Gasteiger partial charge in [0.05, 0.1) is 12.1 Å². The third-order valence-electron chi connectivity index (χ3n) is 3.77. The van der Waals surface area contributed by atoms with E-state index in [0.717, 1.165) is 17.5 Å². The molecule has 2 aromatic carbocycles. The van der Waals surface area contributed by atoms with Crippen molar-refractivity contribution in [2.75, 3.05) is 0 Å². The number of benzene rings is 2. The number of hydrogen-bond donors (Lipinski definition) is 2. The summed E-state index contributed by atoms with van der Waals surface area (Å²) in [5.74, 6) is -1.22. The molecule has 2 rings (SSSR count). The fourth-order valence-electron chi connectivity index (χ4n) is 2.42. The summed E-state index contributed by atoms with van der Waals surface area (Å²) in [5.41, 5.74) is 1.95. The van der Waals surface area contributed by atoms with Crippen molar-refractivity contribution in [1.29, 1.82) is 0 Å². The predicted octanol–water partition coefficient (Wildman–Crippen LogP) is 3.13. The van der Waals surface area contributed by atoms with Crippen LogP contribution in [0.3, 0.4) is 0 Å². The van der Waals surface area contributed by atoms with Gasteiger partial charge in [0, 0.05) is 0 Å². The zero-order valence-electron chi connectivity index (χ0n) is 13.5. The molecule has 0 unspecified atom stereocenters. The number of hydrogen-bond acceptors (Lipinski definition) is 2. The van der Waals surface area contributed by atoms with E-state index in [1.54, 1.807) is 0 Å². The molecule has 120 valence electrons. The lowest BCUT2D eigenvalue weighted by Crippen LogP contribution is -2.42. The number of carbonyl (C=O) groups is 2. The first-order valence-corrected chi connectivity index (χ1v) is 7.83. The minimum absolute atomic E-state index is 0.165. The van der Waals surface area contributed by atoms with Crippen molar-refractivity contribution in [3.8, 4) is 0 Å². The van der Waals surface area contributed by atoms with Crippen LogP contribution in [-0.2, 0) is 9.59 Å². The Morgan fingerprint density at radius 2 is 1.30 bits per heavy atom. The van der Waals surface area contributed by atoms with E-state index >= 15 is 0 Å². The molecule has 23 heavy (non-hydrogen) atoms. The van der Waals surface area contributed by atoms with Crippen LogP contribution in [0.5, 0.6) is 0 Å². The van der Waals surface area contributed by atoms with Crippen LogP contribution in [0.4, 0.5) is 0 Å². The van der Waals surface area contributed by atoms with Gasteiger partial charge < -0.3 is 10.6 Å². The lowest BCUT2D eigenvalue weighted by Gasteiger charge is -2.18. The SMILES string of the molecule is CC[C@H](NC(=O)C(=O)N[C@H](C)c1ccccc1)c1ccccc1. The van der Waals surface area contributed by atoms with Gasteiger partial charge in [0.25, 0.3) is 0 Å². The highest BCUT2D eigenvalue weighted by molar-refractivity contribution is 6.35. The third kappa shape index (κ3) is 4.68. The number of rotatable bonds is 5. The van der Waals surface area contributed by atoms with Gasteiger partial charge in [0.15, 0.2) is 0 Å². The van der Waals surface area contributed by atoms with Crippen LogP contribution >= 0.6 is 0 Å². The van der Waals surface area contributed by atoms with Gasteiger partial charge in [-0.3, -0.25) is 9.59 Å². The second kappa shape index (κ2) is 8.13. The lowest BCUT2D eigenvalue weighted by atomic mass is 10.0. The number of carbonyl (C=O) groups excluding carboxylic acids is 2. The molecular weight excluding hydrogens is 288 g/mol. The molecule has 2 amide bonds. The first kappa shape index (κ1) is 16.7. The van der Waals surface area contributed by atoms with Gasteiger partial charge in [0.2, 0.25) is 0 Å². The molecule has 0 heterocycles. The molecule has 0 radical (unpaired) electrons. The second-order valence-electron chi connectivity index (χ2n) is 5.45. The maximum Gasteiger partial charge on any atom is 0.309 e. The highest BCUT2D eigenvalue weighted by Crippen LogP contribution is 2.16. The summed E-state index contributed by atoms with van der Waals surface area (Å²) in [4.78, 5) is 24.2. The Labute approximate surface area is 136 Å². The topological polar surface area (TPSA) is 58.2 Å². The normalized spacial score (nSPS) is 13.0. The summed E-state index contributed by atoms with van der Waals surface area (Å²) in [5, 5.41) is 5.51. The van der Waals surface area contributed by atoms with Gasteiger partial charge in [-0.1, -0.05) is 67.6 Å². The van der Waals surface area contributed by atoms with Crippen molar-refractivity contribution in [2.24, 2.45) is 0 Å². The van der Waals surface area contributed by atoms with Crippen LogP contribution in [0.2, 0.25) is 0 Å². The minimum Gasteiger partial charge on any atom is -0.341 e. The molecule has 4 heteroatoms. The third-order valence-corrected chi connectivity index (χ3v) is 3.77. The maximum atomic E-state index is 12.1. The first-order valence-electron chi connectivity index (χ1n) is 7.83. The van der Waals surface area contributed by atoms with E-state index in [0.29, 0.717) is 0 Å². The largest absolute Gasteiger partial charge is 0.341 e. The van der Waals surface area contributed by atoms with Crippen molar-refractivity contribution in [2.45, 2.75) is 32.4 Å². The van der Waals surface area contributed by atoms with Gasteiger partial charge in [-0.25, -0.2) is 0 Å². The van der Waals surface area contributed by atoms with Crippen molar-refractivity contribution < 1.29 is 9.59 Å². The molecule has 2 aromatic rings. The Morgan fingerprint density at radius 3 is 1.83 bits per heavy atom. The lowest BCUT2D eigenvalue weighted by molar-refractivity contribution is -0.140. The molecule has 0 saturated carbocycles. The molecule has 0 aliphatic carbocycles. The van der Waals surface area contributed by atoms with Crippen LogP contribution in [0.25, 0.3) is 0 Å². The van der Waals surface area contributed by atoms with Gasteiger partial charge in [-0.2, -0.15) is 0 Å². The van der Waals surface area contributed by atoms with Crippen molar-refractivity contribution in [3.05, 3.63) is 71.8 Å². The summed E-state index contributed by atoms with van der Waals surface area (Å²) in [6, 6.07) is 18.8. The molecular formula is C19H22N2O2. The zero-order valence-corrected chi connectivity index (χ0v) is 13.5. The van der Waals surface area contributed by atoms with Gasteiger partial charge in [-0.15, -0.1) is 0 Å². The van der Waals surface area contributed by atoms with E-state index in [9.17, 15) is 9.59 Å². The quantitative estimate of drug-likeness (QED) is 0.834. The molecule has 0 spiro atoms. The van der Waals surface area contributed by atoms with E-state index in [2.05, 4.69) is 10.6 Å². The van der Waals surface area contributed by atoms with Crippen molar-refractivity contribution in [3.63, 3.8) is 0 Å². The summed E-state index contributed by atoms with van der Waals surface area (Å²) >= 11 is 0. The molecule has 2 N–H and O–H groups in total. The van der Waals surface area contributed by atoms with Crippen LogP contribution in [0, 0.1) is 0 Å². The summed E-state index contributed by atoms with van der Waals surface area (Å²) < 4.78 is 0. The van der Waals surface area contributed by atoms with Gasteiger partial charge in [0.1, 0.15) is 0 Å².